The molecule has 1 fully saturated rings. The van der Waals surface area contributed by atoms with E-state index in [1.165, 1.54) is 34.0 Å². The molecule has 0 radical (unpaired) electrons. The number of aromatic nitrogens is 3. The van der Waals surface area contributed by atoms with Crippen LogP contribution in [0.1, 0.15) is 62.4 Å². The van der Waals surface area contributed by atoms with Crippen molar-refractivity contribution in [3.8, 4) is 11.7 Å². The minimum Gasteiger partial charge on any atom is -0.469 e. The van der Waals surface area contributed by atoms with Gasteiger partial charge in [0.1, 0.15) is 17.4 Å². The number of amides is 3. The Hall–Kier alpha value is -3.54. The fraction of sp³-hybridized carbons (Fsp3) is 0.393. The minimum absolute atomic E-state index is 0.00196. The molecule has 0 spiro atoms. The van der Waals surface area contributed by atoms with Gasteiger partial charge in [0.25, 0.3) is 11.8 Å². The zero-order chi connectivity index (χ0) is 31.0. The second-order valence-corrected chi connectivity index (χ2v) is 12.9. The molecule has 1 aliphatic heterocycles. The Morgan fingerprint density at radius 1 is 0.976 bits per heavy atom. The number of ether oxygens (including phenoxy) is 2. The maximum Gasteiger partial charge on any atom is 0.410 e. The number of hydrogen-bond donors (Lipinski definition) is 2. The number of nitrogens with one attached hydrogen (secondary N) is 2. The Morgan fingerprint density at radius 3 is 2.29 bits per heavy atom. The largest absolute Gasteiger partial charge is 0.469 e. The molecule has 42 heavy (non-hydrogen) atoms. The monoisotopic (exact) mass is 636 g/mol. The summed E-state index contributed by atoms with van der Waals surface area (Å²) in [4.78, 5) is 44.8. The molecule has 0 unspecified atom stereocenters. The minimum atomic E-state index is -0.669. The van der Waals surface area contributed by atoms with Gasteiger partial charge in [-0.15, -0.1) is 5.10 Å². The maximum absolute atomic E-state index is 13.7. The molecule has 14 heteroatoms. The van der Waals surface area contributed by atoms with Gasteiger partial charge in [-0.1, -0.05) is 34.8 Å². The van der Waals surface area contributed by atoms with Crippen molar-refractivity contribution >= 4 is 58.4 Å². The van der Waals surface area contributed by atoms with Gasteiger partial charge in [-0.2, -0.15) is 0 Å². The lowest BCUT2D eigenvalue weighted by atomic mass is 10.1. The fourth-order valence-electron chi connectivity index (χ4n) is 3.90. The van der Waals surface area contributed by atoms with Gasteiger partial charge < -0.3 is 25.0 Å². The number of likely N-dealkylation sites (tertiary alicyclic amines) is 1. The quantitative estimate of drug-likeness (QED) is 0.339. The van der Waals surface area contributed by atoms with Crippen LogP contribution in [0.3, 0.4) is 0 Å². The Bertz CT molecular complexity index is 1520. The van der Waals surface area contributed by atoms with E-state index in [0.717, 1.165) is 0 Å². The number of halogens is 3. The summed E-state index contributed by atoms with van der Waals surface area (Å²) >= 11 is 19.0. The number of anilines is 1. The van der Waals surface area contributed by atoms with E-state index in [0.29, 0.717) is 0 Å². The lowest BCUT2D eigenvalue weighted by molar-refractivity contribution is -0.0233. The van der Waals surface area contributed by atoms with E-state index >= 15 is 0 Å². The summed E-state index contributed by atoms with van der Waals surface area (Å²) < 4.78 is 12.6. The Morgan fingerprint density at radius 2 is 1.67 bits per heavy atom. The number of nitrogens with zero attached hydrogens (tertiary/aromatic N) is 4. The standard InChI is InChI=1S/C28H31Cl3N6O5/c1-27(2,3)34-24(38)17-10-15(29)11-19(31)22(17)33-25(39)20-12-21(35-37(20)23-18(30)8-7-9-32-23)41-16-13-36(14-16)26(40)42-28(4,5)6/h7-12,16H,13-14H2,1-6H3,(H,33,39)(H,34,38). The number of pyridine rings is 1. The van der Waals surface area contributed by atoms with Crippen molar-refractivity contribution in [3.63, 3.8) is 0 Å². The predicted octanol–water partition coefficient (Wildman–Crippen LogP) is 6.01. The molecule has 224 valence electrons. The smallest absolute Gasteiger partial charge is 0.410 e. The van der Waals surface area contributed by atoms with Gasteiger partial charge in [0, 0.05) is 22.8 Å². The van der Waals surface area contributed by atoms with Gasteiger partial charge in [-0.3, -0.25) is 9.59 Å². The average Bonchev–Trinajstić information content (AvgIpc) is 3.24. The lowest BCUT2D eigenvalue weighted by Gasteiger charge is -2.38. The summed E-state index contributed by atoms with van der Waals surface area (Å²) in [5.74, 6) is -0.871. The average molecular weight is 638 g/mol. The Balaban J connectivity index is 1.62. The van der Waals surface area contributed by atoms with Crippen molar-refractivity contribution in [3.05, 3.63) is 62.9 Å². The van der Waals surface area contributed by atoms with Crippen molar-refractivity contribution in [2.24, 2.45) is 0 Å². The highest BCUT2D eigenvalue weighted by atomic mass is 35.5. The highest BCUT2D eigenvalue weighted by Gasteiger charge is 2.36. The van der Waals surface area contributed by atoms with Crippen LogP contribution in [-0.4, -0.2) is 67.9 Å². The van der Waals surface area contributed by atoms with Crippen LogP contribution in [-0.2, 0) is 4.74 Å². The molecular weight excluding hydrogens is 607 g/mol. The molecule has 0 saturated carbocycles. The van der Waals surface area contributed by atoms with E-state index in [4.69, 9.17) is 44.3 Å². The molecule has 11 nitrogen and oxygen atoms in total. The second-order valence-electron chi connectivity index (χ2n) is 11.7. The zero-order valence-electron chi connectivity index (χ0n) is 23.9. The van der Waals surface area contributed by atoms with Crippen LogP contribution in [0.2, 0.25) is 15.1 Å². The summed E-state index contributed by atoms with van der Waals surface area (Å²) in [5, 5.41) is 10.5. The van der Waals surface area contributed by atoms with E-state index in [9.17, 15) is 14.4 Å². The molecule has 2 N–H and O–H groups in total. The van der Waals surface area contributed by atoms with Crippen molar-refractivity contribution in [2.45, 2.75) is 58.8 Å². The SMILES string of the molecule is CC(C)(C)NC(=O)c1cc(Cl)cc(Cl)c1NC(=O)c1cc(OC2CN(C(=O)OC(C)(C)C)C2)nn1-c1ncccc1Cl. The molecule has 1 aromatic carbocycles. The second kappa shape index (κ2) is 12.0. The van der Waals surface area contributed by atoms with Crippen LogP contribution in [0.4, 0.5) is 10.5 Å². The van der Waals surface area contributed by atoms with Gasteiger partial charge in [-0.05, 0) is 65.8 Å². The third-order valence-corrected chi connectivity index (χ3v) is 6.48. The third kappa shape index (κ3) is 7.64. The van der Waals surface area contributed by atoms with Crippen molar-refractivity contribution in [1.29, 1.82) is 0 Å². The summed E-state index contributed by atoms with van der Waals surface area (Å²) in [6.07, 6.45) is 0.676. The molecule has 0 atom stereocenters. The fourth-order valence-corrected chi connectivity index (χ4v) is 4.64. The summed E-state index contributed by atoms with van der Waals surface area (Å²) in [7, 11) is 0. The molecule has 3 amide bonds. The topological polar surface area (TPSA) is 128 Å². The van der Waals surface area contributed by atoms with Crippen LogP contribution < -0.4 is 15.4 Å². The molecule has 3 aromatic rings. The van der Waals surface area contributed by atoms with Gasteiger partial charge in [0.15, 0.2) is 5.82 Å². The van der Waals surface area contributed by atoms with Crippen LogP contribution in [0, 0.1) is 0 Å². The van der Waals surface area contributed by atoms with Crippen molar-refractivity contribution in [1.82, 2.24) is 25.0 Å². The van der Waals surface area contributed by atoms with Crippen LogP contribution in [0.25, 0.3) is 5.82 Å². The molecule has 0 bridgehead atoms. The number of rotatable bonds is 6. The first-order valence-corrected chi connectivity index (χ1v) is 14.1. The van der Waals surface area contributed by atoms with Crippen LogP contribution >= 0.6 is 34.8 Å². The van der Waals surface area contributed by atoms with Crippen molar-refractivity contribution < 1.29 is 23.9 Å². The van der Waals surface area contributed by atoms with Gasteiger partial charge in [0.05, 0.1) is 34.4 Å². The molecular formula is C28H31Cl3N6O5. The van der Waals surface area contributed by atoms with E-state index in [1.807, 2.05) is 20.8 Å². The number of hydrogen-bond acceptors (Lipinski definition) is 7. The molecule has 2 aromatic heterocycles. The molecule has 3 heterocycles. The zero-order valence-corrected chi connectivity index (χ0v) is 26.2. The van der Waals surface area contributed by atoms with Crippen LogP contribution in [0.15, 0.2) is 36.5 Å². The highest BCUT2D eigenvalue weighted by Crippen LogP contribution is 2.32. The number of carbonyl (C=O) groups is 3. The van der Waals surface area contributed by atoms with E-state index in [2.05, 4.69) is 20.7 Å². The first-order valence-electron chi connectivity index (χ1n) is 13.0. The summed E-state index contributed by atoms with van der Waals surface area (Å²) in [6, 6.07) is 7.48. The Labute approximate surface area is 258 Å². The summed E-state index contributed by atoms with van der Waals surface area (Å²) in [6.45, 7) is 11.4. The van der Waals surface area contributed by atoms with Gasteiger partial charge in [0.2, 0.25) is 5.88 Å². The normalized spacial score (nSPS) is 13.8. The van der Waals surface area contributed by atoms with E-state index in [-0.39, 0.29) is 62.9 Å². The molecule has 4 rings (SSSR count). The molecule has 0 aliphatic carbocycles. The lowest BCUT2D eigenvalue weighted by Crippen LogP contribution is -2.57. The molecule has 1 aliphatic rings. The maximum atomic E-state index is 13.7. The van der Waals surface area contributed by atoms with E-state index in [1.54, 1.807) is 32.9 Å². The highest BCUT2D eigenvalue weighted by molar-refractivity contribution is 6.38. The van der Waals surface area contributed by atoms with Gasteiger partial charge in [-0.25, -0.2) is 14.5 Å². The van der Waals surface area contributed by atoms with Gasteiger partial charge >= 0.3 is 6.09 Å². The number of carbonyl (C=O) groups excluding carboxylic acids is 3. The number of benzene rings is 1. The predicted molar refractivity (Wildman–Crippen MR) is 160 cm³/mol. The first-order chi connectivity index (χ1) is 19.5. The van der Waals surface area contributed by atoms with Crippen LogP contribution in [0.5, 0.6) is 5.88 Å². The van der Waals surface area contributed by atoms with Crippen molar-refractivity contribution in [2.75, 3.05) is 18.4 Å². The Kier molecular flexibility index (Phi) is 8.96. The third-order valence-electron chi connectivity index (χ3n) is 5.67. The summed E-state index contributed by atoms with van der Waals surface area (Å²) in [5.41, 5.74) is -1.05. The van der Waals surface area contributed by atoms with E-state index < -0.39 is 29.0 Å². The molecule has 1 saturated heterocycles. The first kappa shape index (κ1) is 31.4.